The third-order valence-corrected chi connectivity index (χ3v) is 14.3. The monoisotopic (exact) mass is 946 g/mol. The highest BCUT2D eigenvalue weighted by Gasteiger charge is 2.18. The van der Waals surface area contributed by atoms with E-state index in [1.165, 1.54) is 276 Å². The third kappa shape index (κ3) is 53.8. The molecule has 1 amide bonds. The Morgan fingerprint density at radius 1 is 0.403 bits per heavy atom. The van der Waals surface area contributed by atoms with E-state index in [0.29, 0.717) is 19.4 Å². The van der Waals surface area contributed by atoms with Crippen LogP contribution in [0.3, 0.4) is 0 Å². The third-order valence-electron chi connectivity index (χ3n) is 14.3. The lowest BCUT2D eigenvalue weighted by Crippen LogP contribution is -2.45. The molecule has 2 atom stereocenters. The fourth-order valence-electron chi connectivity index (χ4n) is 9.64. The van der Waals surface area contributed by atoms with Crippen LogP contribution in [0.4, 0.5) is 0 Å². The predicted octanol–water partition coefficient (Wildman–Crippen LogP) is 18.9. The Morgan fingerprint density at radius 2 is 0.687 bits per heavy atom. The molecular weight excluding hydrogens is 827 g/mol. The molecule has 0 aliphatic heterocycles. The van der Waals surface area contributed by atoms with Crippen LogP contribution < -0.4 is 5.32 Å². The van der Waals surface area contributed by atoms with E-state index >= 15 is 0 Å². The summed E-state index contributed by atoms with van der Waals surface area (Å²) in [7, 11) is 0. The van der Waals surface area contributed by atoms with Gasteiger partial charge in [0.15, 0.2) is 0 Å². The minimum atomic E-state index is -0.841. The van der Waals surface area contributed by atoms with E-state index in [1.54, 1.807) is 6.08 Å². The number of carbonyl (C=O) groups excluding carboxylic acids is 2. The van der Waals surface area contributed by atoms with Crippen LogP contribution >= 0.6 is 0 Å². The summed E-state index contributed by atoms with van der Waals surface area (Å²) in [6, 6.07) is -0.624. The van der Waals surface area contributed by atoms with Gasteiger partial charge >= 0.3 is 5.97 Å². The second-order valence-electron chi connectivity index (χ2n) is 21.0. The molecular formula is C61H119NO5. The molecule has 0 heterocycles. The van der Waals surface area contributed by atoms with Gasteiger partial charge in [0.05, 0.1) is 25.4 Å². The summed E-state index contributed by atoms with van der Waals surface area (Å²) < 4.78 is 5.47. The summed E-state index contributed by atoms with van der Waals surface area (Å²) in [5, 5.41) is 23.1. The molecule has 2 unspecified atom stereocenters. The lowest BCUT2D eigenvalue weighted by Gasteiger charge is -2.20. The molecule has 6 nitrogen and oxygen atoms in total. The SMILES string of the molecule is CCCCCCCCCCCCC/C=C/C(O)C(CO)NC(=O)CCCCCCCCCCCCCCCCCCCCCCCCCCCCOC(=O)CCCCCCCCCCCCC. The van der Waals surface area contributed by atoms with Crippen molar-refractivity contribution >= 4 is 11.9 Å². The number of aliphatic hydroxyl groups excluding tert-OH is 2. The zero-order valence-electron chi connectivity index (χ0n) is 45.4. The summed E-state index contributed by atoms with van der Waals surface area (Å²) >= 11 is 0. The number of nitrogens with one attached hydrogen (secondary N) is 1. The molecule has 67 heavy (non-hydrogen) atoms. The Morgan fingerprint density at radius 3 is 1.01 bits per heavy atom. The quantitative estimate of drug-likeness (QED) is 0.0321. The Balaban J connectivity index is 3.36. The number of amides is 1. The van der Waals surface area contributed by atoms with E-state index in [4.69, 9.17) is 4.74 Å². The number of ether oxygens (including phenoxy) is 1. The fraction of sp³-hybridized carbons (Fsp3) is 0.934. The van der Waals surface area contributed by atoms with Gasteiger partial charge in [0.2, 0.25) is 5.91 Å². The van der Waals surface area contributed by atoms with E-state index in [2.05, 4.69) is 19.2 Å². The van der Waals surface area contributed by atoms with E-state index in [1.807, 2.05) is 6.08 Å². The fourth-order valence-corrected chi connectivity index (χ4v) is 9.64. The molecule has 0 fully saturated rings. The van der Waals surface area contributed by atoms with E-state index in [-0.39, 0.29) is 18.5 Å². The standard InChI is InChI=1S/C61H119NO5/c1-3-5-7-9-11-13-15-30-34-37-41-45-49-53-59(64)58(57-63)62-60(65)54-50-46-42-38-35-31-28-26-24-22-20-18-16-17-19-21-23-25-27-29-32-36-40-44-48-52-56-67-61(66)55-51-47-43-39-33-14-12-10-8-6-4-2/h49,53,58-59,63-64H,3-48,50-52,54-57H2,1-2H3,(H,62,65)/b53-49+. The van der Waals surface area contributed by atoms with Crippen LogP contribution in [0, 0.1) is 0 Å². The summed E-state index contributed by atoms with van der Waals surface area (Å²) in [4.78, 5) is 24.4. The number of carbonyl (C=O) groups is 2. The highest BCUT2D eigenvalue weighted by Crippen LogP contribution is 2.18. The van der Waals surface area contributed by atoms with Crippen molar-refractivity contribution in [1.82, 2.24) is 5.32 Å². The van der Waals surface area contributed by atoms with Crippen molar-refractivity contribution in [1.29, 1.82) is 0 Å². The number of hydrogen-bond acceptors (Lipinski definition) is 5. The molecule has 0 radical (unpaired) electrons. The van der Waals surface area contributed by atoms with Gasteiger partial charge in [-0.25, -0.2) is 0 Å². The summed E-state index contributed by atoms with van der Waals surface area (Å²) in [5.41, 5.74) is 0. The number of unbranched alkanes of at least 4 members (excludes halogenated alkanes) is 46. The molecule has 398 valence electrons. The average Bonchev–Trinajstić information content (AvgIpc) is 3.33. The molecule has 0 aromatic heterocycles. The maximum absolute atomic E-state index is 12.4. The molecule has 0 rings (SSSR count). The van der Waals surface area contributed by atoms with Crippen molar-refractivity contribution in [2.75, 3.05) is 13.2 Å². The Bertz CT molecular complexity index is 1000. The van der Waals surface area contributed by atoms with Crippen LogP contribution in [0.15, 0.2) is 12.2 Å². The summed E-state index contributed by atoms with van der Waals surface area (Å²) in [6.07, 6.45) is 68.3. The van der Waals surface area contributed by atoms with Gasteiger partial charge in [-0.3, -0.25) is 9.59 Å². The minimum absolute atomic E-state index is 0.0169. The normalized spacial score (nSPS) is 12.6. The first kappa shape index (κ1) is 65.6. The zero-order valence-corrected chi connectivity index (χ0v) is 45.4. The van der Waals surface area contributed by atoms with E-state index < -0.39 is 12.1 Å². The second kappa shape index (κ2) is 57.2. The predicted molar refractivity (Wildman–Crippen MR) is 292 cm³/mol. The van der Waals surface area contributed by atoms with Crippen LogP contribution in [0.2, 0.25) is 0 Å². The molecule has 0 spiro atoms. The van der Waals surface area contributed by atoms with Crippen LogP contribution in [0.1, 0.15) is 341 Å². The van der Waals surface area contributed by atoms with Gasteiger partial charge in [-0.05, 0) is 32.1 Å². The van der Waals surface area contributed by atoms with Crippen molar-refractivity contribution in [3.63, 3.8) is 0 Å². The van der Waals surface area contributed by atoms with Crippen LogP contribution in [-0.2, 0) is 14.3 Å². The first-order chi connectivity index (χ1) is 33.0. The number of rotatable bonds is 57. The molecule has 6 heteroatoms. The van der Waals surface area contributed by atoms with Crippen LogP contribution in [-0.4, -0.2) is 47.4 Å². The molecule has 0 aliphatic rings. The Hall–Kier alpha value is -1.40. The smallest absolute Gasteiger partial charge is 0.305 e. The van der Waals surface area contributed by atoms with Crippen molar-refractivity contribution < 1.29 is 24.5 Å². The van der Waals surface area contributed by atoms with Gasteiger partial charge in [-0.1, -0.05) is 309 Å². The number of hydrogen-bond donors (Lipinski definition) is 3. The van der Waals surface area contributed by atoms with Gasteiger partial charge < -0.3 is 20.3 Å². The number of esters is 1. The van der Waals surface area contributed by atoms with E-state index in [0.717, 1.165) is 38.5 Å². The van der Waals surface area contributed by atoms with Gasteiger partial charge in [-0.2, -0.15) is 0 Å². The molecule has 3 N–H and O–H groups in total. The van der Waals surface area contributed by atoms with Crippen LogP contribution in [0.25, 0.3) is 0 Å². The van der Waals surface area contributed by atoms with Crippen molar-refractivity contribution in [2.24, 2.45) is 0 Å². The average molecular weight is 947 g/mol. The van der Waals surface area contributed by atoms with Gasteiger partial charge in [0.1, 0.15) is 0 Å². The minimum Gasteiger partial charge on any atom is -0.466 e. The van der Waals surface area contributed by atoms with Crippen molar-refractivity contribution in [3.05, 3.63) is 12.2 Å². The van der Waals surface area contributed by atoms with Crippen molar-refractivity contribution in [2.45, 2.75) is 353 Å². The molecule has 0 aliphatic carbocycles. The lowest BCUT2D eigenvalue weighted by atomic mass is 10.0. The Labute approximate surface area is 419 Å². The second-order valence-corrected chi connectivity index (χ2v) is 21.0. The lowest BCUT2D eigenvalue weighted by molar-refractivity contribution is -0.143. The summed E-state index contributed by atoms with van der Waals surface area (Å²) in [6.45, 7) is 4.92. The van der Waals surface area contributed by atoms with Gasteiger partial charge in [-0.15, -0.1) is 0 Å². The molecule has 0 saturated carbocycles. The van der Waals surface area contributed by atoms with Gasteiger partial charge in [0.25, 0.3) is 0 Å². The first-order valence-electron chi connectivity index (χ1n) is 30.5. The van der Waals surface area contributed by atoms with Crippen LogP contribution in [0.5, 0.6) is 0 Å². The Kier molecular flexibility index (Phi) is 56.0. The number of aliphatic hydroxyl groups is 2. The maximum atomic E-state index is 12.4. The van der Waals surface area contributed by atoms with E-state index in [9.17, 15) is 19.8 Å². The highest BCUT2D eigenvalue weighted by molar-refractivity contribution is 5.76. The van der Waals surface area contributed by atoms with Gasteiger partial charge in [0, 0.05) is 12.8 Å². The zero-order chi connectivity index (χ0) is 48.6. The highest BCUT2D eigenvalue weighted by atomic mass is 16.5. The van der Waals surface area contributed by atoms with Crippen molar-refractivity contribution in [3.8, 4) is 0 Å². The molecule has 0 bridgehead atoms. The molecule has 0 aromatic carbocycles. The first-order valence-corrected chi connectivity index (χ1v) is 30.5. The topological polar surface area (TPSA) is 95.9 Å². The molecule has 0 saturated heterocycles. The number of allylic oxidation sites excluding steroid dienone is 1. The summed E-state index contributed by atoms with van der Waals surface area (Å²) in [5.74, 6) is -0.0475. The largest absolute Gasteiger partial charge is 0.466 e. The molecule has 0 aromatic rings. The maximum Gasteiger partial charge on any atom is 0.305 e.